The minimum Gasteiger partial charge on any atom is -0.429 e. The molecule has 0 saturated carbocycles. The van der Waals surface area contributed by atoms with Crippen LogP contribution in [0.25, 0.3) is 0 Å². The molecule has 0 spiro atoms. The van der Waals surface area contributed by atoms with Gasteiger partial charge in [-0.05, 0) is 6.92 Å². The van der Waals surface area contributed by atoms with Crippen molar-refractivity contribution in [2.75, 3.05) is 0 Å². The van der Waals surface area contributed by atoms with Gasteiger partial charge in [-0.3, -0.25) is 0 Å². The third-order valence-electron chi connectivity index (χ3n) is 2.04. The Kier molecular flexibility index (Phi) is 9.16. The summed E-state index contributed by atoms with van der Waals surface area (Å²) >= 11 is 0. The summed E-state index contributed by atoms with van der Waals surface area (Å²) in [6.07, 6.45) is -4.21. The van der Waals surface area contributed by atoms with Gasteiger partial charge in [0, 0.05) is 0 Å². The van der Waals surface area contributed by atoms with Gasteiger partial charge in [-0.2, -0.15) is 13.2 Å². The lowest BCUT2D eigenvalue weighted by Gasteiger charge is -2.03. The van der Waals surface area contributed by atoms with Gasteiger partial charge >= 0.3 is 13.9 Å². The Morgan fingerprint density at radius 1 is 0.800 bits per heavy atom. The van der Waals surface area contributed by atoms with E-state index in [9.17, 15) is 13.2 Å². The molecule has 2 aromatic carbocycles. The second kappa shape index (κ2) is 10.1. The van der Waals surface area contributed by atoms with Crippen molar-refractivity contribution in [1.29, 1.82) is 0 Å². The summed E-state index contributed by atoms with van der Waals surface area (Å²) in [7, 11) is 0. The molecule has 20 heavy (non-hydrogen) atoms. The minimum absolute atomic E-state index is 0. The summed E-state index contributed by atoms with van der Waals surface area (Å²) in [5.41, 5.74) is 0.720. The highest BCUT2D eigenvalue weighted by molar-refractivity contribution is 6.13. The lowest BCUT2D eigenvalue weighted by molar-refractivity contribution is -0.137. The maximum absolute atomic E-state index is 11.8. The van der Waals surface area contributed by atoms with Gasteiger partial charge in [0.1, 0.15) is 0 Å². The molecule has 2 aromatic rings. The SMILES string of the molecule is Cc1ccccc1.FC(F)(F)c1ccccc1.O[B]O. The van der Waals surface area contributed by atoms with Crippen molar-refractivity contribution in [3.63, 3.8) is 0 Å². The van der Waals surface area contributed by atoms with Gasteiger partial charge in [0.25, 0.3) is 0 Å². The van der Waals surface area contributed by atoms with E-state index in [1.165, 1.54) is 17.7 Å². The Balaban J connectivity index is 0.000000315. The van der Waals surface area contributed by atoms with Crippen LogP contribution in [0.1, 0.15) is 11.1 Å². The third-order valence-corrected chi connectivity index (χ3v) is 2.04. The van der Waals surface area contributed by atoms with Gasteiger partial charge in [0.15, 0.2) is 0 Å². The van der Waals surface area contributed by atoms with Crippen LogP contribution in [0, 0.1) is 6.92 Å². The van der Waals surface area contributed by atoms with Crippen LogP contribution in [0.4, 0.5) is 13.2 Å². The van der Waals surface area contributed by atoms with E-state index >= 15 is 0 Å². The van der Waals surface area contributed by atoms with Crippen LogP contribution in [-0.2, 0) is 6.18 Å². The van der Waals surface area contributed by atoms with E-state index in [1.807, 2.05) is 18.2 Å². The van der Waals surface area contributed by atoms with Gasteiger partial charge in [-0.1, -0.05) is 66.2 Å². The predicted octanol–water partition coefficient (Wildman–Crippen LogP) is 3.21. The molecule has 2 rings (SSSR count). The summed E-state index contributed by atoms with van der Waals surface area (Å²) in [5, 5.41) is 14.0. The van der Waals surface area contributed by atoms with Crippen molar-refractivity contribution < 1.29 is 23.2 Å². The molecule has 0 aliphatic heterocycles. The van der Waals surface area contributed by atoms with Gasteiger partial charge in [-0.15, -0.1) is 0 Å². The first kappa shape index (κ1) is 18.2. The average Bonchev–Trinajstić information content (AvgIpc) is 2.41. The van der Waals surface area contributed by atoms with Crippen LogP contribution in [-0.4, -0.2) is 17.7 Å². The molecule has 0 atom stereocenters. The third kappa shape index (κ3) is 9.19. The topological polar surface area (TPSA) is 40.5 Å². The zero-order valence-electron chi connectivity index (χ0n) is 10.9. The minimum atomic E-state index is -4.21. The summed E-state index contributed by atoms with van der Waals surface area (Å²) in [6.45, 7) is 2.08. The van der Waals surface area contributed by atoms with E-state index in [0.717, 1.165) is 12.1 Å². The zero-order chi connectivity index (χ0) is 15.4. The highest BCUT2D eigenvalue weighted by Gasteiger charge is 2.29. The normalized spacial score (nSPS) is 9.50. The average molecular weight is 283 g/mol. The molecule has 2 nitrogen and oxygen atoms in total. The largest absolute Gasteiger partial charge is 0.482 e. The monoisotopic (exact) mass is 283 g/mol. The number of alkyl halides is 3. The maximum atomic E-state index is 11.8. The molecule has 0 unspecified atom stereocenters. The Labute approximate surface area is 116 Å². The lowest BCUT2D eigenvalue weighted by atomic mass is 10.2. The standard InChI is InChI=1S/C7H5F3.C7H8.BH2O2/c8-7(9,10)6-4-2-1-3-5-6;1-7-5-3-2-4-6-7;2-1-3/h1-5H;2-6H,1H3;2-3H. The molecule has 0 aliphatic rings. The van der Waals surface area contributed by atoms with E-state index in [-0.39, 0.29) is 7.69 Å². The molecule has 0 aromatic heterocycles. The van der Waals surface area contributed by atoms with Crippen LogP contribution in [0.3, 0.4) is 0 Å². The number of aryl methyl sites for hydroxylation is 1. The first-order chi connectivity index (χ1) is 9.41. The van der Waals surface area contributed by atoms with Crippen molar-refractivity contribution in [3.8, 4) is 0 Å². The first-order valence-corrected chi connectivity index (χ1v) is 5.65. The second-order valence-corrected chi connectivity index (χ2v) is 3.63. The second-order valence-electron chi connectivity index (χ2n) is 3.63. The van der Waals surface area contributed by atoms with Crippen LogP contribution in [0.2, 0.25) is 0 Å². The van der Waals surface area contributed by atoms with Crippen molar-refractivity contribution in [3.05, 3.63) is 71.8 Å². The van der Waals surface area contributed by atoms with Crippen molar-refractivity contribution in [2.24, 2.45) is 0 Å². The fourth-order valence-electron chi connectivity index (χ4n) is 1.16. The van der Waals surface area contributed by atoms with Crippen molar-refractivity contribution in [2.45, 2.75) is 13.1 Å². The number of rotatable bonds is 0. The van der Waals surface area contributed by atoms with Gasteiger partial charge in [-0.25, -0.2) is 0 Å². The highest BCUT2D eigenvalue weighted by atomic mass is 19.4. The maximum Gasteiger partial charge on any atom is 0.482 e. The first-order valence-electron chi connectivity index (χ1n) is 5.65. The Morgan fingerprint density at radius 3 is 1.35 bits per heavy atom. The Morgan fingerprint density at radius 2 is 1.15 bits per heavy atom. The fraction of sp³-hybridized carbons (Fsp3) is 0.143. The van der Waals surface area contributed by atoms with Crippen LogP contribution in [0.15, 0.2) is 60.7 Å². The number of halogens is 3. The smallest absolute Gasteiger partial charge is 0.429 e. The zero-order valence-corrected chi connectivity index (χ0v) is 10.9. The van der Waals surface area contributed by atoms with Crippen LogP contribution >= 0.6 is 0 Å². The van der Waals surface area contributed by atoms with Crippen molar-refractivity contribution in [1.82, 2.24) is 0 Å². The molecule has 2 N–H and O–H groups in total. The molecule has 0 heterocycles. The number of benzene rings is 2. The molecular weight excluding hydrogens is 268 g/mol. The summed E-state index contributed by atoms with van der Waals surface area (Å²) < 4.78 is 35.4. The lowest BCUT2D eigenvalue weighted by Crippen LogP contribution is -2.03. The summed E-state index contributed by atoms with van der Waals surface area (Å²) in [4.78, 5) is 0. The van der Waals surface area contributed by atoms with E-state index < -0.39 is 11.7 Å². The van der Waals surface area contributed by atoms with Gasteiger partial charge in [0.2, 0.25) is 0 Å². The predicted molar refractivity (Wildman–Crippen MR) is 72.8 cm³/mol. The number of hydrogen-bond donors (Lipinski definition) is 2. The molecule has 0 bridgehead atoms. The summed E-state index contributed by atoms with van der Waals surface area (Å²) in [5.74, 6) is 0. The molecule has 6 heteroatoms. The molecular formula is C14H15BF3O2. The molecule has 0 aliphatic carbocycles. The quantitative estimate of drug-likeness (QED) is 0.729. The van der Waals surface area contributed by atoms with Gasteiger partial charge in [0.05, 0.1) is 5.56 Å². The van der Waals surface area contributed by atoms with E-state index in [4.69, 9.17) is 10.0 Å². The molecule has 107 valence electrons. The Hall–Kier alpha value is -1.79. The van der Waals surface area contributed by atoms with Gasteiger partial charge < -0.3 is 10.0 Å². The molecule has 0 amide bonds. The summed E-state index contributed by atoms with van der Waals surface area (Å²) in [6, 6.07) is 16.6. The number of hydrogen-bond acceptors (Lipinski definition) is 2. The van der Waals surface area contributed by atoms with Crippen LogP contribution in [0.5, 0.6) is 0 Å². The van der Waals surface area contributed by atoms with E-state index in [2.05, 4.69) is 19.1 Å². The van der Waals surface area contributed by atoms with E-state index in [0.29, 0.717) is 0 Å². The van der Waals surface area contributed by atoms with Crippen molar-refractivity contribution >= 4 is 7.69 Å². The van der Waals surface area contributed by atoms with Crippen LogP contribution < -0.4 is 0 Å². The highest BCUT2D eigenvalue weighted by Crippen LogP contribution is 2.28. The molecule has 1 radical (unpaired) electrons. The molecule has 0 saturated heterocycles. The molecule has 0 fully saturated rings. The van der Waals surface area contributed by atoms with E-state index in [1.54, 1.807) is 6.07 Å². The Bertz CT molecular complexity index is 447. The fourth-order valence-corrected chi connectivity index (χ4v) is 1.16.